The van der Waals surface area contributed by atoms with Crippen molar-refractivity contribution < 1.29 is 4.79 Å². The third-order valence-corrected chi connectivity index (χ3v) is 3.19. The van der Waals surface area contributed by atoms with Crippen molar-refractivity contribution in [2.75, 3.05) is 0 Å². The molecule has 3 nitrogen and oxygen atoms in total. The summed E-state index contributed by atoms with van der Waals surface area (Å²) in [7, 11) is 0. The highest BCUT2D eigenvalue weighted by atomic mass is 16.2. The second-order valence-electron chi connectivity index (χ2n) is 5.47. The lowest BCUT2D eigenvalue weighted by Crippen LogP contribution is -2.36. The van der Waals surface area contributed by atoms with Gasteiger partial charge < -0.3 is 10.6 Å². The zero-order chi connectivity index (χ0) is 14.3. The van der Waals surface area contributed by atoms with Gasteiger partial charge in [-0.1, -0.05) is 30.3 Å². The fraction of sp³-hybridized carbons (Fsp3) is 0.562. The first-order chi connectivity index (χ1) is 9.00. The van der Waals surface area contributed by atoms with E-state index in [4.69, 9.17) is 5.73 Å². The van der Waals surface area contributed by atoms with Crippen molar-refractivity contribution in [3.05, 3.63) is 35.9 Å². The zero-order valence-corrected chi connectivity index (χ0v) is 12.3. The Hall–Kier alpha value is -1.35. The molecule has 1 atom stereocenters. The van der Waals surface area contributed by atoms with Gasteiger partial charge >= 0.3 is 0 Å². The van der Waals surface area contributed by atoms with Crippen molar-refractivity contribution in [2.24, 2.45) is 5.73 Å². The van der Waals surface area contributed by atoms with Crippen molar-refractivity contribution in [1.29, 1.82) is 0 Å². The Kier molecular flexibility index (Phi) is 6.57. The second-order valence-corrected chi connectivity index (χ2v) is 5.47. The molecule has 1 aromatic carbocycles. The smallest absolute Gasteiger partial charge is 0.223 e. The van der Waals surface area contributed by atoms with E-state index in [9.17, 15) is 4.79 Å². The van der Waals surface area contributed by atoms with Gasteiger partial charge in [-0.25, -0.2) is 0 Å². The first-order valence-electron chi connectivity index (χ1n) is 7.09. The highest BCUT2D eigenvalue weighted by molar-refractivity contribution is 5.76. The summed E-state index contributed by atoms with van der Waals surface area (Å²) in [6.07, 6.45) is 2.37. The molecule has 0 spiro atoms. The SMILES string of the molecule is CC(N)CCCC(=O)N(Cc1ccccc1)C(C)C. The molecule has 2 N–H and O–H groups in total. The predicted octanol–water partition coefficient (Wildman–Crippen LogP) is 2.94. The van der Waals surface area contributed by atoms with Crippen molar-refractivity contribution in [3.63, 3.8) is 0 Å². The topological polar surface area (TPSA) is 46.3 Å². The lowest BCUT2D eigenvalue weighted by atomic mass is 10.1. The highest BCUT2D eigenvalue weighted by Gasteiger charge is 2.16. The number of nitrogens with zero attached hydrogens (tertiary/aromatic N) is 1. The van der Waals surface area contributed by atoms with Crippen molar-refractivity contribution in [3.8, 4) is 0 Å². The first kappa shape index (κ1) is 15.7. The van der Waals surface area contributed by atoms with Crippen LogP contribution in [0.3, 0.4) is 0 Å². The number of carbonyl (C=O) groups is 1. The van der Waals surface area contributed by atoms with Crippen LogP contribution in [0.25, 0.3) is 0 Å². The molecule has 0 aliphatic carbocycles. The minimum Gasteiger partial charge on any atom is -0.336 e. The average molecular weight is 262 g/mol. The number of rotatable bonds is 7. The van der Waals surface area contributed by atoms with Gasteiger partial charge in [0.25, 0.3) is 0 Å². The van der Waals surface area contributed by atoms with Gasteiger partial charge in [0.2, 0.25) is 5.91 Å². The van der Waals surface area contributed by atoms with Gasteiger partial charge in [-0.05, 0) is 39.2 Å². The van der Waals surface area contributed by atoms with Crippen LogP contribution in [0.5, 0.6) is 0 Å². The number of benzene rings is 1. The summed E-state index contributed by atoms with van der Waals surface area (Å²) in [5.74, 6) is 0.222. The summed E-state index contributed by atoms with van der Waals surface area (Å²) >= 11 is 0. The largest absolute Gasteiger partial charge is 0.336 e. The number of hydrogen-bond donors (Lipinski definition) is 1. The lowest BCUT2D eigenvalue weighted by molar-refractivity contribution is -0.133. The predicted molar refractivity (Wildman–Crippen MR) is 79.6 cm³/mol. The van der Waals surface area contributed by atoms with Gasteiger partial charge in [0.1, 0.15) is 0 Å². The molecule has 3 heteroatoms. The summed E-state index contributed by atoms with van der Waals surface area (Å²) in [6.45, 7) is 6.79. The normalized spacial score (nSPS) is 12.5. The Morgan fingerprint density at radius 1 is 1.21 bits per heavy atom. The molecule has 0 heterocycles. The maximum Gasteiger partial charge on any atom is 0.223 e. The molecule has 0 fully saturated rings. The molecule has 0 saturated heterocycles. The Morgan fingerprint density at radius 2 is 1.84 bits per heavy atom. The summed E-state index contributed by atoms with van der Waals surface area (Å²) < 4.78 is 0. The number of amides is 1. The third kappa shape index (κ3) is 5.88. The third-order valence-electron chi connectivity index (χ3n) is 3.19. The minimum atomic E-state index is 0.175. The van der Waals surface area contributed by atoms with Gasteiger partial charge in [-0.15, -0.1) is 0 Å². The molecular weight excluding hydrogens is 236 g/mol. The van der Waals surface area contributed by atoms with Crippen LogP contribution in [-0.2, 0) is 11.3 Å². The Morgan fingerprint density at radius 3 is 2.37 bits per heavy atom. The van der Waals surface area contributed by atoms with E-state index in [1.807, 2.05) is 30.0 Å². The second kappa shape index (κ2) is 7.95. The molecule has 1 rings (SSSR count). The monoisotopic (exact) mass is 262 g/mol. The van der Waals surface area contributed by atoms with Crippen molar-refractivity contribution in [1.82, 2.24) is 4.90 Å². The van der Waals surface area contributed by atoms with E-state index < -0.39 is 0 Å². The van der Waals surface area contributed by atoms with Crippen molar-refractivity contribution >= 4 is 5.91 Å². The fourth-order valence-electron chi connectivity index (χ4n) is 2.06. The van der Waals surface area contributed by atoms with E-state index in [0.717, 1.165) is 12.8 Å². The van der Waals surface area contributed by atoms with Crippen LogP contribution in [0, 0.1) is 0 Å². The summed E-state index contributed by atoms with van der Waals surface area (Å²) in [6, 6.07) is 10.5. The first-order valence-corrected chi connectivity index (χ1v) is 7.09. The molecule has 106 valence electrons. The molecule has 0 saturated carbocycles. The van der Waals surface area contributed by atoms with Crippen LogP contribution < -0.4 is 5.73 Å². The molecule has 19 heavy (non-hydrogen) atoms. The maximum absolute atomic E-state index is 12.3. The molecule has 0 aliphatic rings. The Balaban J connectivity index is 2.55. The number of hydrogen-bond acceptors (Lipinski definition) is 2. The summed E-state index contributed by atoms with van der Waals surface area (Å²) in [4.78, 5) is 14.2. The average Bonchev–Trinajstić information content (AvgIpc) is 2.36. The molecular formula is C16H26N2O. The minimum absolute atomic E-state index is 0.175. The molecule has 1 amide bonds. The molecule has 0 aromatic heterocycles. The molecule has 0 bridgehead atoms. The van der Waals surface area contributed by atoms with Gasteiger partial charge in [0, 0.05) is 25.0 Å². The van der Waals surface area contributed by atoms with Crippen LogP contribution in [0.2, 0.25) is 0 Å². The van der Waals surface area contributed by atoms with Crippen LogP contribution in [-0.4, -0.2) is 22.9 Å². The van der Waals surface area contributed by atoms with Gasteiger partial charge in [-0.2, -0.15) is 0 Å². The van der Waals surface area contributed by atoms with Crippen molar-refractivity contribution in [2.45, 2.75) is 58.7 Å². The Bertz CT molecular complexity index is 374. The van der Waals surface area contributed by atoms with E-state index in [2.05, 4.69) is 26.0 Å². The van der Waals surface area contributed by atoms with E-state index >= 15 is 0 Å². The fourth-order valence-corrected chi connectivity index (χ4v) is 2.06. The van der Waals surface area contributed by atoms with Gasteiger partial charge in [0.05, 0.1) is 0 Å². The molecule has 1 unspecified atom stereocenters. The molecule has 0 aliphatic heterocycles. The standard InChI is InChI=1S/C16H26N2O/c1-13(2)18(12-15-9-5-4-6-10-15)16(19)11-7-8-14(3)17/h4-6,9-10,13-14H,7-8,11-12,17H2,1-3H3. The van der Waals surface area contributed by atoms with E-state index in [0.29, 0.717) is 13.0 Å². The summed E-state index contributed by atoms with van der Waals surface area (Å²) in [5, 5.41) is 0. The van der Waals surface area contributed by atoms with Crippen LogP contribution in [0.4, 0.5) is 0 Å². The number of carbonyl (C=O) groups excluding carboxylic acids is 1. The Labute approximate surface area is 116 Å². The number of nitrogens with two attached hydrogens (primary N) is 1. The van der Waals surface area contributed by atoms with Crippen LogP contribution in [0.15, 0.2) is 30.3 Å². The van der Waals surface area contributed by atoms with E-state index in [-0.39, 0.29) is 18.0 Å². The van der Waals surface area contributed by atoms with E-state index in [1.165, 1.54) is 5.56 Å². The highest BCUT2D eigenvalue weighted by Crippen LogP contribution is 2.11. The van der Waals surface area contributed by atoms with Gasteiger partial charge in [-0.3, -0.25) is 4.79 Å². The quantitative estimate of drug-likeness (QED) is 0.821. The van der Waals surface area contributed by atoms with Gasteiger partial charge in [0.15, 0.2) is 0 Å². The maximum atomic E-state index is 12.3. The molecule has 1 aromatic rings. The van der Waals surface area contributed by atoms with Crippen LogP contribution in [0.1, 0.15) is 45.6 Å². The lowest BCUT2D eigenvalue weighted by Gasteiger charge is -2.27. The summed E-state index contributed by atoms with van der Waals surface area (Å²) in [5.41, 5.74) is 6.89. The molecule has 0 radical (unpaired) electrons. The van der Waals surface area contributed by atoms with E-state index in [1.54, 1.807) is 0 Å². The van der Waals surface area contributed by atoms with Crippen LogP contribution >= 0.6 is 0 Å². The zero-order valence-electron chi connectivity index (χ0n) is 12.3.